The maximum atomic E-state index is 12.6. The number of amides is 2. The maximum Gasteiger partial charge on any atom is 0.252 e. The molecule has 25 heavy (non-hydrogen) atoms. The summed E-state index contributed by atoms with van der Waals surface area (Å²) in [7, 11) is 1.63. The van der Waals surface area contributed by atoms with Crippen LogP contribution in [0, 0.1) is 0 Å². The Balaban J connectivity index is 1.81. The molecular formula is C19H21N3O3. The number of hydrogen-bond acceptors (Lipinski definition) is 3. The van der Waals surface area contributed by atoms with Crippen LogP contribution in [0.1, 0.15) is 34.8 Å². The summed E-state index contributed by atoms with van der Waals surface area (Å²) in [6.45, 7) is 1.14. The van der Waals surface area contributed by atoms with Gasteiger partial charge in [-0.3, -0.25) is 14.4 Å². The van der Waals surface area contributed by atoms with Crippen LogP contribution in [0.4, 0.5) is 0 Å². The number of aromatic nitrogens is 1. The molecule has 1 aromatic heterocycles. The number of likely N-dealkylation sites (tertiary alicyclic amines) is 1. The number of carbonyl (C=O) groups is 2. The van der Waals surface area contributed by atoms with Crippen LogP contribution in [0.5, 0.6) is 0 Å². The number of nitrogens with one attached hydrogen (secondary N) is 1. The fourth-order valence-corrected chi connectivity index (χ4v) is 2.97. The number of rotatable bonds is 5. The topological polar surface area (TPSA) is 71.4 Å². The zero-order chi connectivity index (χ0) is 17.8. The molecule has 2 aromatic rings. The molecule has 130 valence electrons. The quantitative estimate of drug-likeness (QED) is 0.897. The van der Waals surface area contributed by atoms with Gasteiger partial charge >= 0.3 is 0 Å². The first-order valence-electron chi connectivity index (χ1n) is 8.35. The summed E-state index contributed by atoms with van der Waals surface area (Å²) in [4.78, 5) is 38.1. The van der Waals surface area contributed by atoms with Crippen molar-refractivity contribution in [1.82, 2.24) is 14.8 Å². The van der Waals surface area contributed by atoms with Crippen molar-refractivity contribution < 1.29 is 9.59 Å². The number of pyridine rings is 1. The van der Waals surface area contributed by atoms with E-state index < -0.39 is 0 Å². The van der Waals surface area contributed by atoms with Crippen molar-refractivity contribution in [1.29, 1.82) is 0 Å². The van der Waals surface area contributed by atoms with Crippen molar-refractivity contribution in [3.05, 3.63) is 70.1 Å². The predicted octanol–water partition coefficient (Wildman–Crippen LogP) is 1.48. The molecule has 3 rings (SSSR count). The molecule has 1 fully saturated rings. The van der Waals surface area contributed by atoms with Crippen LogP contribution in [0.15, 0.2) is 53.5 Å². The average Bonchev–Trinajstić information content (AvgIpc) is 3.02. The van der Waals surface area contributed by atoms with E-state index in [9.17, 15) is 14.4 Å². The van der Waals surface area contributed by atoms with Crippen molar-refractivity contribution in [3.63, 3.8) is 0 Å². The first-order valence-corrected chi connectivity index (χ1v) is 8.35. The number of aryl methyl sites for hydroxylation is 1. The van der Waals surface area contributed by atoms with Crippen LogP contribution in [0.3, 0.4) is 0 Å². The number of nitrogens with zero attached hydrogens (tertiary/aromatic N) is 2. The van der Waals surface area contributed by atoms with Gasteiger partial charge in [-0.25, -0.2) is 0 Å². The van der Waals surface area contributed by atoms with Crippen LogP contribution < -0.4 is 10.9 Å². The van der Waals surface area contributed by atoms with Gasteiger partial charge in [0.1, 0.15) is 0 Å². The van der Waals surface area contributed by atoms with E-state index in [1.54, 1.807) is 24.2 Å². The second-order valence-corrected chi connectivity index (χ2v) is 6.24. The van der Waals surface area contributed by atoms with Gasteiger partial charge in [-0.1, -0.05) is 30.3 Å². The Kier molecular flexibility index (Phi) is 4.97. The lowest BCUT2D eigenvalue weighted by Crippen LogP contribution is -2.39. The molecule has 1 N–H and O–H groups in total. The smallest absolute Gasteiger partial charge is 0.252 e. The van der Waals surface area contributed by atoms with Crippen molar-refractivity contribution in [3.8, 4) is 0 Å². The second kappa shape index (κ2) is 7.34. The molecule has 0 saturated carbocycles. The van der Waals surface area contributed by atoms with E-state index in [0.717, 1.165) is 12.0 Å². The fraction of sp³-hybridized carbons (Fsp3) is 0.316. The van der Waals surface area contributed by atoms with Gasteiger partial charge in [-0.2, -0.15) is 0 Å². The van der Waals surface area contributed by atoms with Gasteiger partial charge in [0, 0.05) is 44.4 Å². The van der Waals surface area contributed by atoms with Crippen molar-refractivity contribution in [2.75, 3.05) is 13.1 Å². The molecule has 1 aliphatic heterocycles. The predicted molar refractivity (Wildman–Crippen MR) is 94.1 cm³/mol. The highest BCUT2D eigenvalue weighted by molar-refractivity contribution is 5.94. The van der Waals surface area contributed by atoms with Crippen LogP contribution in [-0.2, 0) is 11.8 Å². The van der Waals surface area contributed by atoms with Crippen molar-refractivity contribution in [2.45, 2.75) is 18.9 Å². The lowest BCUT2D eigenvalue weighted by atomic mass is 10.1. The largest absolute Gasteiger partial charge is 0.343 e. The summed E-state index contributed by atoms with van der Waals surface area (Å²) >= 11 is 0. The highest BCUT2D eigenvalue weighted by Crippen LogP contribution is 2.19. The third-order valence-electron chi connectivity index (χ3n) is 4.45. The normalized spacial score (nSPS) is 15.2. The Morgan fingerprint density at radius 3 is 2.60 bits per heavy atom. The van der Waals surface area contributed by atoms with Gasteiger partial charge < -0.3 is 14.8 Å². The van der Waals surface area contributed by atoms with E-state index in [4.69, 9.17) is 0 Å². The highest BCUT2D eigenvalue weighted by Gasteiger charge is 2.25. The number of benzene rings is 1. The molecule has 1 atom stereocenters. The number of carbonyl (C=O) groups excluding carboxylic acids is 2. The Hall–Kier alpha value is -2.89. The van der Waals surface area contributed by atoms with E-state index >= 15 is 0 Å². The molecule has 0 unspecified atom stereocenters. The third kappa shape index (κ3) is 3.96. The van der Waals surface area contributed by atoms with Gasteiger partial charge in [-0.05, 0) is 18.1 Å². The lowest BCUT2D eigenvalue weighted by Gasteiger charge is -2.25. The zero-order valence-corrected chi connectivity index (χ0v) is 14.1. The minimum atomic E-state index is -0.321. The molecular weight excluding hydrogens is 318 g/mol. The number of hydrogen-bond donors (Lipinski definition) is 1. The van der Waals surface area contributed by atoms with Gasteiger partial charge in [-0.15, -0.1) is 0 Å². The second-order valence-electron chi connectivity index (χ2n) is 6.24. The van der Waals surface area contributed by atoms with Gasteiger partial charge in [0.2, 0.25) is 5.91 Å². The third-order valence-corrected chi connectivity index (χ3v) is 4.45. The maximum absolute atomic E-state index is 12.6. The summed E-state index contributed by atoms with van der Waals surface area (Å²) in [5.41, 5.74) is 1.01. The molecule has 6 nitrogen and oxygen atoms in total. The molecule has 1 aromatic carbocycles. The molecule has 1 aliphatic rings. The Morgan fingerprint density at radius 1 is 1.20 bits per heavy atom. The Morgan fingerprint density at radius 2 is 1.96 bits per heavy atom. The summed E-state index contributed by atoms with van der Waals surface area (Å²) in [6, 6.07) is 12.2. The molecule has 0 radical (unpaired) electrons. The molecule has 0 aliphatic carbocycles. The van der Waals surface area contributed by atoms with Crippen LogP contribution >= 0.6 is 0 Å². The molecule has 2 heterocycles. The van der Waals surface area contributed by atoms with E-state index in [1.165, 1.54) is 10.6 Å². The fourth-order valence-electron chi connectivity index (χ4n) is 2.97. The Labute approximate surface area is 146 Å². The monoisotopic (exact) mass is 339 g/mol. The van der Waals surface area contributed by atoms with Crippen LogP contribution in [0.2, 0.25) is 0 Å². The van der Waals surface area contributed by atoms with Crippen LogP contribution in [0.25, 0.3) is 0 Å². The minimum Gasteiger partial charge on any atom is -0.343 e. The van der Waals surface area contributed by atoms with Gasteiger partial charge in [0.15, 0.2) is 0 Å². The average molecular weight is 339 g/mol. The molecule has 2 amide bonds. The van der Waals surface area contributed by atoms with E-state index in [1.807, 2.05) is 30.3 Å². The lowest BCUT2D eigenvalue weighted by molar-refractivity contribution is -0.128. The van der Waals surface area contributed by atoms with E-state index in [2.05, 4.69) is 5.32 Å². The summed E-state index contributed by atoms with van der Waals surface area (Å²) in [5.74, 6) is -0.207. The molecule has 1 saturated heterocycles. The van der Waals surface area contributed by atoms with Crippen molar-refractivity contribution in [2.24, 2.45) is 7.05 Å². The Bertz CT molecular complexity index is 829. The van der Waals surface area contributed by atoms with E-state index in [-0.39, 0.29) is 23.4 Å². The summed E-state index contributed by atoms with van der Waals surface area (Å²) < 4.78 is 1.41. The van der Waals surface area contributed by atoms with Gasteiger partial charge in [0.05, 0.1) is 6.04 Å². The van der Waals surface area contributed by atoms with Crippen LogP contribution in [-0.4, -0.2) is 34.4 Å². The standard InChI is InChI=1S/C19H21N3O3/c1-21-11-9-15(12-18(21)24)19(25)20-16(14-6-3-2-4-7-14)13-22-10-5-8-17(22)23/h2-4,6-7,9,11-12,16H,5,8,10,13H2,1H3,(H,20,25)/t16-/m1/s1. The van der Waals surface area contributed by atoms with Gasteiger partial charge in [0.25, 0.3) is 11.5 Å². The first-order chi connectivity index (χ1) is 12.0. The highest BCUT2D eigenvalue weighted by atomic mass is 16.2. The minimum absolute atomic E-state index is 0.115. The molecule has 6 heteroatoms. The summed E-state index contributed by atoms with van der Waals surface area (Å²) in [6.07, 6.45) is 2.98. The molecule has 0 spiro atoms. The summed E-state index contributed by atoms with van der Waals surface area (Å²) in [5, 5.41) is 2.96. The zero-order valence-electron chi connectivity index (χ0n) is 14.1. The first kappa shape index (κ1) is 17.0. The van der Waals surface area contributed by atoms with E-state index in [0.29, 0.717) is 25.1 Å². The molecule has 0 bridgehead atoms. The van der Waals surface area contributed by atoms with Crippen molar-refractivity contribution >= 4 is 11.8 Å². The SMILES string of the molecule is Cn1ccc(C(=O)N[C@H](CN2CCCC2=O)c2ccccc2)cc1=O.